The molecule has 1 nitrogen and oxygen atoms in total. The molecule has 0 saturated heterocycles. The zero-order chi connectivity index (χ0) is 19.7. The maximum absolute atomic E-state index is 6.37. The van der Waals surface area contributed by atoms with Crippen LogP contribution in [0.1, 0.15) is 5.01 Å². The third kappa shape index (κ3) is 3.43. The first-order valence-electron chi connectivity index (χ1n) is 9.35. The number of thiazole rings is 1. The second kappa shape index (κ2) is 8.01. The zero-order valence-electron chi connectivity index (χ0n) is 15.5. The highest BCUT2D eigenvalue weighted by molar-refractivity contribution is 7.95. The smallest absolute Gasteiger partial charge is 0.133 e. The Morgan fingerprint density at radius 3 is 1.66 bits per heavy atom. The molecule has 0 bridgehead atoms. The monoisotopic (exact) mass is 450 g/mol. The van der Waals surface area contributed by atoms with Crippen LogP contribution < -0.4 is 15.9 Å². The lowest BCUT2D eigenvalue weighted by Crippen LogP contribution is -2.32. The van der Waals surface area contributed by atoms with Gasteiger partial charge in [0.2, 0.25) is 0 Å². The highest BCUT2D eigenvalue weighted by atomic mass is 35.5. The van der Waals surface area contributed by atoms with Crippen molar-refractivity contribution in [3.05, 3.63) is 106 Å². The molecule has 0 unspecified atom stereocenters. The van der Waals surface area contributed by atoms with Gasteiger partial charge in [-0.3, -0.25) is 0 Å². The average molecular weight is 451 g/mol. The minimum atomic E-state index is -1.91. The van der Waals surface area contributed by atoms with Crippen LogP contribution in [0.25, 0.3) is 9.53 Å². The van der Waals surface area contributed by atoms with E-state index in [1.807, 2.05) is 5.38 Å². The van der Waals surface area contributed by atoms with Gasteiger partial charge in [0.25, 0.3) is 0 Å². The fourth-order valence-corrected chi connectivity index (χ4v) is 10.8. The van der Waals surface area contributed by atoms with E-state index in [1.54, 1.807) is 22.7 Å². The predicted molar refractivity (Wildman–Crippen MR) is 131 cm³/mol. The van der Waals surface area contributed by atoms with Crippen LogP contribution in [0.15, 0.2) is 96.4 Å². The Labute approximate surface area is 184 Å². The first-order chi connectivity index (χ1) is 14.3. The molecule has 0 aliphatic rings. The van der Waals surface area contributed by atoms with Crippen molar-refractivity contribution in [3.63, 3.8) is 0 Å². The number of hydrogen-bond donors (Lipinski definition) is 0. The number of thiophene rings is 1. The number of nitrogens with zero attached hydrogens (tertiary/aromatic N) is 1. The van der Waals surface area contributed by atoms with Gasteiger partial charge in [0.15, 0.2) is 0 Å². The molecule has 0 radical (unpaired) electrons. The van der Waals surface area contributed by atoms with Gasteiger partial charge < -0.3 is 0 Å². The second-order valence-corrected chi connectivity index (χ2v) is 12.9. The highest BCUT2D eigenvalue weighted by Crippen LogP contribution is 2.58. The van der Waals surface area contributed by atoms with E-state index in [0.717, 1.165) is 21.7 Å². The van der Waals surface area contributed by atoms with Crippen LogP contribution in [0.4, 0.5) is 0 Å². The molecule has 142 valence electrons. The molecule has 0 atom stereocenters. The third-order valence-corrected chi connectivity index (χ3v) is 12.2. The van der Waals surface area contributed by atoms with E-state index in [2.05, 4.69) is 91.0 Å². The molecule has 0 aliphatic carbocycles. The van der Waals surface area contributed by atoms with E-state index in [4.69, 9.17) is 16.6 Å². The van der Waals surface area contributed by atoms with Gasteiger partial charge in [0, 0.05) is 5.38 Å². The molecule has 0 N–H and O–H groups in total. The van der Waals surface area contributed by atoms with E-state index in [-0.39, 0.29) is 0 Å². The number of hydrogen-bond acceptors (Lipinski definition) is 3. The van der Waals surface area contributed by atoms with Gasteiger partial charge in [-0.1, -0.05) is 66.2 Å². The minimum absolute atomic E-state index is 0.760. The maximum atomic E-state index is 6.37. The number of halogens is 1. The lowest BCUT2D eigenvalue weighted by Gasteiger charge is -2.26. The normalized spacial score (nSPS) is 11.8. The standard InChI is InChI=1S/C24H18ClNPS2/c25-21-17-28-24-23(21)26-22(29-24)16-27(18-10-4-1-5-11-18,19-12-6-2-7-13-19)20-14-8-3-9-15-20/h1-15,17H,16H2/q+1. The van der Waals surface area contributed by atoms with E-state index in [0.29, 0.717) is 0 Å². The fraction of sp³-hybridized carbons (Fsp3) is 0.0417. The van der Waals surface area contributed by atoms with E-state index >= 15 is 0 Å². The molecule has 5 rings (SSSR count). The molecule has 0 saturated carbocycles. The van der Waals surface area contributed by atoms with Crippen molar-refractivity contribution >= 4 is 67.0 Å². The van der Waals surface area contributed by atoms with Crippen molar-refractivity contribution in [2.45, 2.75) is 6.16 Å². The first kappa shape index (κ1) is 19.0. The summed E-state index contributed by atoms with van der Waals surface area (Å²) in [7, 11) is -1.91. The van der Waals surface area contributed by atoms with E-state index in [9.17, 15) is 0 Å². The molecule has 2 heterocycles. The number of fused-ring (bicyclic) bond motifs is 1. The quantitative estimate of drug-likeness (QED) is 0.278. The Bertz CT molecular complexity index is 1140. The molecule has 5 aromatic rings. The van der Waals surface area contributed by atoms with Crippen LogP contribution >= 0.6 is 41.5 Å². The van der Waals surface area contributed by atoms with Crippen molar-refractivity contribution in [1.29, 1.82) is 0 Å². The van der Waals surface area contributed by atoms with Gasteiger partial charge in [-0.05, 0) is 36.4 Å². The molecule has 3 aromatic carbocycles. The molecule has 0 spiro atoms. The molecular weight excluding hydrogens is 433 g/mol. The maximum Gasteiger partial charge on any atom is 0.133 e. The molecule has 29 heavy (non-hydrogen) atoms. The summed E-state index contributed by atoms with van der Waals surface area (Å²) in [5.41, 5.74) is 0.948. The third-order valence-electron chi connectivity index (χ3n) is 5.10. The van der Waals surface area contributed by atoms with Crippen molar-refractivity contribution in [1.82, 2.24) is 4.98 Å². The lowest BCUT2D eigenvalue weighted by atomic mass is 10.4. The minimum Gasteiger partial charge on any atom is -0.235 e. The topological polar surface area (TPSA) is 12.9 Å². The molecule has 0 amide bonds. The van der Waals surface area contributed by atoms with Gasteiger partial charge in [-0.15, -0.1) is 22.7 Å². The Morgan fingerprint density at radius 1 is 0.724 bits per heavy atom. The van der Waals surface area contributed by atoms with Gasteiger partial charge in [0.05, 0.1) is 5.02 Å². The molecule has 2 aromatic heterocycles. The van der Waals surface area contributed by atoms with Crippen LogP contribution in [0.3, 0.4) is 0 Å². The van der Waals surface area contributed by atoms with E-state index < -0.39 is 7.26 Å². The van der Waals surface area contributed by atoms with Gasteiger partial charge in [-0.2, -0.15) is 0 Å². The number of aromatic nitrogens is 1. The zero-order valence-corrected chi connectivity index (χ0v) is 18.8. The second-order valence-electron chi connectivity index (χ2n) is 6.80. The van der Waals surface area contributed by atoms with Crippen molar-refractivity contribution in [2.24, 2.45) is 0 Å². The summed E-state index contributed by atoms with van der Waals surface area (Å²) in [6.45, 7) is 0. The van der Waals surface area contributed by atoms with Crippen molar-refractivity contribution in [2.75, 3.05) is 0 Å². The summed E-state index contributed by atoms with van der Waals surface area (Å²) in [6.07, 6.45) is 0.896. The van der Waals surface area contributed by atoms with Crippen LogP contribution in [0.5, 0.6) is 0 Å². The van der Waals surface area contributed by atoms with Gasteiger partial charge in [0.1, 0.15) is 43.9 Å². The van der Waals surface area contributed by atoms with E-state index in [1.165, 1.54) is 19.9 Å². The predicted octanol–water partition coefficient (Wildman–Crippen LogP) is 6.51. The summed E-state index contributed by atoms with van der Waals surface area (Å²) in [4.78, 5) is 4.96. The summed E-state index contributed by atoms with van der Waals surface area (Å²) in [5.74, 6) is 0. The summed E-state index contributed by atoms with van der Waals surface area (Å²) >= 11 is 9.84. The first-order valence-corrected chi connectivity index (χ1v) is 13.4. The van der Waals surface area contributed by atoms with Gasteiger partial charge >= 0.3 is 0 Å². The summed E-state index contributed by atoms with van der Waals surface area (Å²) in [5, 5.41) is 8.02. The summed E-state index contributed by atoms with van der Waals surface area (Å²) < 4.78 is 1.21. The van der Waals surface area contributed by atoms with Crippen LogP contribution in [-0.2, 0) is 6.16 Å². The fourth-order valence-electron chi connectivity index (χ4n) is 3.78. The highest BCUT2D eigenvalue weighted by Gasteiger charge is 2.46. The Morgan fingerprint density at radius 2 is 1.21 bits per heavy atom. The Hall–Kier alpha value is -2.03. The molecular formula is C24H18ClNPS2+. The molecule has 0 fully saturated rings. The average Bonchev–Trinajstić information content (AvgIpc) is 3.35. The Balaban J connectivity index is 1.77. The summed E-state index contributed by atoms with van der Waals surface area (Å²) in [6, 6.07) is 32.8. The van der Waals surface area contributed by atoms with Crippen molar-refractivity contribution in [3.8, 4) is 0 Å². The molecule has 0 aliphatic heterocycles. The van der Waals surface area contributed by atoms with Crippen molar-refractivity contribution < 1.29 is 0 Å². The van der Waals surface area contributed by atoms with Crippen LogP contribution in [-0.4, -0.2) is 4.98 Å². The van der Waals surface area contributed by atoms with Gasteiger partial charge in [-0.25, -0.2) is 4.98 Å². The Kier molecular flexibility index (Phi) is 5.24. The SMILES string of the molecule is Clc1csc2sc(C[P+](c3ccccc3)(c3ccccc3)c3ccccc3)nc12. The molecule has 5 heteroatoms. The number of benzene rings is 3. The number of rotatable bonds is 5. The van der Waals surface area contributed by atoms with Crippen LogP contribution in [0, 0.1) is 0 Å². The van der Waals surface area contributed by atoms with Crippen LogP contribution in [0.2, 0.25) is 5.02 Å². The lowest BCUT2D eigenvalue weighted by molar-refractivity contribution is 1.30. The largest absolute Gasteiger partial charge is 0.235 e.